The number of nitrogens with one attached hydrogen (secondary N) is 1. The molecule has 0 saturated heterocycles. The number of benzene rings is 2. The van der Waals surface area contributed by atoms with Gasteiger partial charge in [0.25, 0.3) is 5.91 Å². The number of amides is 1. The highest BCUT2D eigenvalue weighted by Crippen LogP contribution is 2.64. The number of hydrogen-bond donors (Lipinski definition) is 1. The lowest BCUT2D eigenvalue weighted by molar-refractivity contribution is -0.152. The van der Waals surface area contributed by atoms with Crippen LogP contribution in [-0.4, -0.2) is 22.8 Å². The van der Waals surface area contributed by atoms with Crippen molar-refractivity contribution < 1.29 is 19.1 Å². The van der Waals surface area contributed by atoms with E-state index in [1.54, 1.807) is 31.2 Å². The normalized spacial score (nSPS) is 19.8. The van der Waals surface area contributed by atoms with Gasteiger partial charge in [0, 0.05) is 12.1 Å². The lowest BCUT2D eigenvalue weighted by Crippen LogP contribution is -2.26. The molecule has 1 amide bonds. The van der Waals surface area contributed by atoms with Crippen molar-refractivity contribution in [3.63, 3.8) is 0 Å². The summed E-state index contributed by atoms with van der Waals surface area (Å²) in [4.78, 5) is 23.9. The minimum absolute atomic E-state index is 0.313. The monoisotopic (exact) mass is 407 g/mol. The molecule has 1 aliphatic rings. The zero-order chi connectivity index (χ0) is 19.5. The Morgan fingerprint density at radius 1 is 1.07 bits per heavy atom. The lowest BCUT2D eigenvalue weighted by atomic mass is 10.1. The van der Waals surface area contributed by atoms with Crippen LogP contribution in [0.2, 0.25) is 0 Å². The first-order valence-corrected chi connectivity index (χ1v) is 9.17. The van der Waals surface area contributed by atoms with Crippen LogP contribution >= 0.6 is 23.2 Å². The van der Waals surface area contributed by atoms with E-state index in [0.717, 1.165) is 5.56 Å². The smallest absolute Gasteiger partial charge is 0.315 e. The SMILES string of the molecule is C[C@]1(C(=O)OCC(=O)Nc2ccc(OCc3ccccc3)cc2)CC1(Cl)Cl. The van der Waals surface area contributed by atoms with Gasteiger partial charge in [-0.1, -0.05) is 30.3 Å². The number of ether oxygens (including phenoxy) is 2. The molecule has 0 unspecified atom stereocenters. The van der Waals surface area contributed by atoms with Crippen LogP contribution in [0, 0.1) is 5.41 Å². The highest BCUT2D eigenvalue weighted by atomic mass is 35.5. The van der Waals surface area contributed by atoms with Gasteiger partial charge in [-0.05, 0) is 36.8 Å². The van der Waals surface area contributed by atoms with Crippen LogP contribution < -0.4 is 10.1 Å². The molecule has 142 valence electrons. The van der Waals surface area contributed by atoms with Gasteiger partial charge in [-0.3, -0.25) is 9.59 Å². The molecule has 27 heavy (non-hydrogen) atoms. The van der Waals surface area contributed by atoms with E-state index >= 15 is 0 Å². The van der Waals surface area contributed by atoms with E-state index in [1.807, 2.05) is 30.3 Å². The van der Waals surface area contributed by atoms with Crippen molar-refractivity contribution in [1.82, 2.24) is 0 Å². The fourth-order valence-electron chi connectivity index (χ4n) is 2.48. The molecule has 3 rings (SSSR count). The lowest BCUT2D eigenvalue weighted by Gasteiger charge is -2.12. The molecule has 2 aromatic rings. The maximum atomic E-state index is 11.9. The molecule has 1 N–H and O–H groups in total. The number of carbonyl (C=O) groups is 2. The number of alkyl halides is 2. The zero-order valence-electron chi connectivity index (χ0n) is 14.7. The second-order valence-electron chi connectivity index (χ2n) is 6.64. The largest absolute Gasteiger partial charge is 0.489 e. The number of hydrogen-bond acceptors (Lipinski definition) is 4. The molecule has 7 heteroatoms. The minimum Gasteiger partial charge on any atom is -0.489 e. The molecule has 0 aromatic heterocycles. The third-order valence-electron chi connectivity index (χ3n) is 4.43. The highest BCUT2D eigenvalue weighted by Gasteiger charge is 2.69. The Labute approximate surface area is 167 Å². The number of carbonyl (C=O) groups excluding carboxylic acids is 2. The predicted octanol–water partition coefficient (Wildman–Crippen LogP) is 4.33. The predicted molar refractivity (Wildman–Crippen MR) is 104 cm³/mol. The van der Waals surface area contributed by atoms with Crippen LogP contribution in [0.15, 0.2) is 54.6 Å². The van der Waals surface area contributed by atoms with Crippen molar-refractivity contribution in [3.8, 4) is 5.75 Å². The molecule has 0 spiro atoms. The van der Waals surface area contributed by atoms with E-state index in [4.69, 9.17) is 32.7 Å². The van der Waals surface area contributed by atoms with Crippen LogP contribution in [0.5, 0.6) is 5.75 Å². The van der Waals surface area contributed by atoms with Crippen LogP contribution in [0.25, 0.3) is 0 Å². The van der Waals surface area contributed by atoms with Gasteiger partial charge in [-0.2, -0.15) is 0 Å². The number of halogens is 2. The van der Waals surface area contributed by atoms with E-state index in [0.29, 0.717) is 24.5 Å². The Morgan fingerprint density at radius 3 is 2.30 bits per heavy atom. The third-order valence-corrected chi connectivity index (χ3v) is 5.53. The zero-order valence-corrected chi connectivity index (χ0v) is 16.2. The molecule has 0 radical (unpaired) electrons. The molecule has 5 nitrogen and oxygen atoms in total. The summed E-state index contributed by atoms with van der Waals surface area (Å²) in [7, 11) is 0. The average Bonchev–Trinajstić information content (AvgIpc) is 3.19. The second-order valence-corrected chi connectivity index (χ2v) is 8.12. The topological polar surface area (TPSA) is 64.6 Å². The van der Waals surface area contributed by atoms with Gasteiger partial charge in [0.05, 0.1) is 0 Å². The molecular weight excluding hydrogens is 389 g/mol. The van der Waals surface area contributed by atoms with Crippen LogP contribution in [-0.2, 0) is 20.9 Å². The summed E-state index contributed by atoms with van der Waals surface area (Å²) in [6.45, 7) is 1.68. The van der Waals surface area contributed by atoms with Crippen molar-refractivity contribution in [2.45, 2.75) is 24.3 Å². The van der Waals surface area contributed by atoms with Crippen molar-refractivity contribution in [3.05, 3.63) is 60.2 Å². The van der Waals surface area contributed by atoms with E-state index in [2.05, 4.69) is 5.32 Å². The minimum atomic E-state index is -1.11. The summed E-state index contributed by atoms with van der Waals surface area (Å²) in [5, 5.41) is 2.65. The van der Waals surface area contributed by atoms with Crippen LogP contribution in [0.3, 0.4) is 0 Å². The van der Waals surface area contributed by atoms with Gasteiger partial charge >= 0.3 is 5.97 Å². The fourth-order valence-corrected chi connectivity index (χ4v) is 3.17. The molecule has 2 aromatic carbocycles. The Morgan fingerprint density at radius 2 is 1.70 bits per heavy atom. The van der Waals surface area contributed by atoms with E-state index in [-0.39, 0.29) is 0 Å². The summed E-state index contributed by atoms with van der Waals surface area (Å²) < 4.78 is 9.58. The Hall–Kier alpha value is -2.24. The van der Waals surface area contributed by atoms with Crippen LogP contribution in [0.1, 0.15) is 18.9 Å². The molecule has 1 aliphatic carbocycles. The molecule has 0 aliphatic heterocycles. The van der Waals surface area contributed by atoms with Crippen molar-refractivity contribution in [2.75, 3.05) is 11.9 Å². The Kier molecular flexibility index (Phi) is 5.63. The first-order valence-electron chi connectivity index (χ1n) is 8.42. The average molecular weight is 408 g/mol. The first-order chi connectivity index (χ1) is 12.8. The molecule has 0 bridgehead atoms. The van der Waals surface area contributed by atoms with Crippen molar-refractivity contribution in [1.29, 1.82) is 0 Å². The summed E-state index contributed by atoms with van der Waals surface area (Å²) >= 11 is 11.8. The summed E-state index contributed by atoms with van der Waals surface area (Å²) in [5.74, 6) is -0.335. The highest BCUT2D eigenvalue weighted by molar-refractivity contribution is 6.53. The molecule has 0 heterocycles. The van der Waals surface area contributed by atoms with Gasteiger partial charge in [-0.25, -0.2) is 0 Å². The van der Waals surface area contributed by atoms with Gasteiger partial charge in [-0.15, -0.1) is 23.2 Å². The van der Waals surface area contributed by atoms with Gasteiger partial charge in [0.2, 0.25) is 0 Å². The third kappa shape index (κ3) is 4.73. The van der Waals surface area contributed by atoms with Gasteiger partial charge in [0.15, 0.2) is 6.61 Å². The Balaban J connectivity index is 1.44. The standard InChI is InChI=1S/C20H19Cl2NO4/c1-19(13-20(19,21)22)18(25)27-12-17(24)23-15-7-9-16(10-8-15)26-11-14-5-3-2-4-6-14/h2-10H,11-13H2,1H3,(H,23,24)/t19-/m1/s1. The summed E-state index contributed by atoms with van der Waals surface area (Å²) in [5.41, 5.74) is 0.692. The summed E-state index contributed by atoms with van der Waals surface area (Å²) in [6, 6.07) is 16.8. The van der Waals surface area contributed by atoms with Crippen LogP contribution in [0.4, 0.5) is 5.69 Å². The van der Waals surface area contributed by atoms with Gasteiger partial charge in [0.1, 0.15) is 22.1 Å². The van der Waals surface area contributed by atoms with Crippen molar-refractivity contribution in [2.24, 2.45) is 5.41 Å². The first kappa shape index (κ1) is 19.5. The maximum absolute atomic E-state index is 11.9. The van der Waals surface area contributed by atoms with E-state index < -0.39 is 28.2 Å². The van der Waals surface area contributed by atoms with E-state index in [9.17, 15) is 9.59 Å². The molecule has 1 saturated carbocycles. The van der Waals surface area contributed by atoms with E-state index in [1.165, 1.54) is 0 Å². The van der Waals surface area contributed by atoms with Gasteiger partial charge < -0.3 is 14.8 Å². The van der Waals surface area contributed by atoms with Crippen molar-refractivity contribution >= 4 is 40.8 Å². The summed E-state index contributed by atoms with van der Waals surface area (Å²) in [6.07, 6.45) is 0.313. The fraction of sp³-hybridized carbons (Fsp3) is 0.300. The molecular formula is C20H19Cl2NO4. The maximum Gasteiger partial charge on any atom is 0.315 e. The molecule has 1 atom stereocenters. The Bertz CT molecular complexity index is 824. The number of rotatable bonds is 7. The number of anilines is 1. The molecule has 1 fully saturated rings. The number of esters is 1. The quantitative estimate of drug-likeness (QED) is 0.547. The second kappa shape index (κ2) is 7.79.